The molecule has 1 aliphatic carbocycles. The summed E-state index contributed by atoms with van der Waals surface area (Å²) < 4.78 is 29.9. The van der Waals surface area contributed by atoms with E-state index in [0.717, 1.165) is 59.1 Å². The van der Waals surface area contributed by atoms with Gasteiger partial charge in [0, 0.05) is 18.4 Å². The second kappa shape index (κ2) is 9.58. The molecule has 0 unspecified atom stereocenters. The Bertz CT molecular complexity index is 1220. The molecule has 3 aromatic rings. The molecule has 1 aliphatic rings. The molecule has 1 heterocycles. The molecule has 0 fully saturated rings. The minimum atomic E-state index is -0.794. The highest BCUT2D eigenvalue weighted by atomic mass is 19.1. The first kappa shape index (κ1) is 22.7. The van der Waals surface area contributed by atoms with E-state index in [1.165, 1.54) is 7.11 Å². The maximum atomic E-state index is 15.0. The largest absolute Gasteiger partial charge is 0.464 e. The van der Waals surface area contributed by atoms with Crippen molar-refractivity contribution in [2.24, 2.45) is 0 Å². The predicted molar refractivity (Wildman–Crippen MR) is 119 cm³/mol. The molecule has 1 aromatic heterocycles. The molecule has 0 spiro atoms. The summed E-state index contributed by atoms with van der Waals surface area (Å²) in [6.45, 7) is 3.92. The molecular weight excluding hydrogens is 429 g/mol. The number of aryl methyl sites for hydroxylation is 2. The van der Waals surface area contributed by atoms with E-state index in [9.17, 15) is 14.0 Å². The molecular formula is C24H26FN3O5. The lowest BCUT2D eigenvalue weighted by Crippen LogP contribution is -2.15. The summed E-state index contributed by atoms with van der Waals surface area (Å²) in [6.07, 6.45) is 4.31. The number of rotatable bonds is 7. The maximum Gasteiger partial charge on any atom is 0.439 e. The lowest BCUT2D eigenvalue weighted by Gasteiger charge is -2.24. The van der Waals surface area contributed by atoms with Crippen molar-refractivity contribution in [3.05, 3.63) is 73.8 Å². The van der Waals surface area contributed by atoms with Crippen molar-refractivity contribution >= 4 is 11.6 Å². The van der Waals surface area contributed by atoms with Crippen molar-refractivity contribution in [2.75, 3.05) is 19.2 Å². The number of benzene rings is 2. The second-order valence-corrected chi connectivity index (χ2v) is 8.22. The van der Waals surface area contributed by atoms with Crippen molar-refractivity contribution in [2.45, 2.75) is 46.0 Å². The highest BCUT2D eigenvalue weighted by Crippen LogP contribution is 2.36. The third-order valence-corrected chi connectivity index (χ3v) is 5.95. The van der Waals surface area contributed by atoms with Crippen molar-refractivity contribution in [3.63, 3.8) is 0 Å². The summed E-state index contributed by atoms with van der Waals surface area (Å²) >= 11 is 0. The topological polar surface area (TPSA) is 106 Å². The quantitative estimate of drug-likeness (QED) is 0.525. The van der Waals surface area contributed by atoms with Crippen LogP contribution in [0.3, 0.4) is 0 Å². The van der Waals surface area contributed by atoms with Crippen LogP contribution in [0.5, 0.6) is 5.75 Å². The number of methoxy groups -OCH3 is 1. The summed E-state index contributed by atoms with van der Waals surface area (Å²) in [7, 11) is 1.52. The molecule has 2 aromatic carbocycles. The third kappa shape index (κ3) is 4.83. The SMILES string of the molecule is COCOc1c(F)cc(Cc2c(C)cc(NC(=O)c3noc(=O)[nH]3)cc2C)c2c1CCCC2. The number of fused-ring (bicyclic) bond motifs is 1. The van der Waals surface area contributed by atoms with Gasteiger partial charge in [-0.25, -0.2) is 9.18 Å². The van der Waals surface area contributed by atoms with Crippen LogP contribution < -0.4 is 15.8 Å². The molecule has 33 heavy (non-hydrogen) atoms. The van der Waals surface area contributed by atoms with Crippen molar-refractivity contribution in [1.29, 1.82) is 0 Å². The van der Waals surface area contributed by atoms with Crippen LogP contribution in [0.4, 0.5) is 10.1 Å². The molecule has 2 N–H and O–H groups in total. The van der Waals surface area contributed by atoms with E-state index in [2.05, 4.69) is 20.0 Å². The van der Waals surface area contributed by atoms with E-state index < -0.39 is 11.7 Å². The minimum Gasteiger partial charge on any atom is -0.464 e. The van der Waals surface area contributed by atoms with Crippen LogP contribution >= 0.6 is 0 Å². The van der Waals surface area contributed by atoms with E-state index in [1.807, 2.05) is 26.0 Å². The number of hydrogen-bond acceptors (Lipinski definition) is 6. The fourth-order valence-corrected chi connectivity index (χ4v) is 4.44. The first-order chi connectivity index (χ1) is 15.9. The second-order valence-electron chi connectivity index (χ2n) is 8.22. The molecule has 0 aliphatic heterocycles. The van der Waals surface area contributed by atoms with E-state index in [-0.39, 0.29) is 18.4 Å². The monoisotopic (exact) mass is 455 g/mol. The van der Waals surface area contributed by atoms with Gasteiger partial charge in [0.1, 0.15) is 0 Å². The highest BCUT2D eigenvalue weighted by molar-refractivity contribution is 6.01. The average Bonchev–Trinajstić information content (AvgIpc) is 3.22. The van der Waals surface area contributed by atoms with E-state index in [4.69, 9.17) is 9.47 Å². The van der Waals surface area contributed by atoms with Gasteiger partial charge >= 0.3 is 5.76 Å². The Hall–Kier alpha value is -3.46. The van der Waals surface area contributed by atoms with E-state index >= 15 is 0 Å². The Balaban J connectivity index is 1.62. The molecule has 4 rings (SSSR count). The number of halogens is 1. The van der Waals surface area contributed by atoms with Gasteiger partial charge in [0.2, 0.25) is 5.82 Å². The number of nitrogens with zero attached hydrogens (tertiary/aromatic N) is 1. The van der Waals surface area contributed by atoms with Gasteiger partial charge in [-0.3, -0.25) is 14.3 Å². The summed E-state index contributed by atoms with van der Waals surface area (Å²) in [5.41, 5.74) is 6.61. The van der Waals surface area contributed by atoms with Crippen LogP contribution in [-0.4, -0.2) is 30.0 Å². The third-order valence-electron chi connectivity index (χ3n) is 5.95. The maximum absolute atomic E-state index is 15.0. The molecule has 9 heteroatoms. The Morgan fingerprint density at radius 2 is 1.88 bits per heavy atom. The fourth-order valence-electron chi connectivity index (χ4n) is 4.44. The van der Waals surface area contributed by atoms with Crippen molar-refractivity contribution < 1.29 is 23.2 Å². The average molecular weight is 455 g/mol. The summed E-state index contributed by atoms with van der Waals surface area (Å²) in [5, 5.41) is 6.11. The van der Waals surface area contributed by atoms with Crippen molar-refractivity contribution in [3.8, 4) is 5.75 Å². The Labute approximate surface area is 190 Å². The van der Waals surface area contributed by atoms with Crippen LogP contribution in [0, 0.1) is 19.7 Å². The zero-order valence-electron chi connectivity index (χ0n) is 18.8. The number of anilines is 1. The summed E-state index contributed by atoms with van der Waals surface area (Å²) in [6, 6.07) is 5.26. The van der Waals surface area contributed by atoms with Crippen LogP contribution in [0.15, 0.2) is 27.5 Å². The highest BCUT2D eigenvalue weighted by Gasteiger charge is 2.23. The molecule has 0 radical (unpaired) electrons. The number of hydrogen-bond donors (Lipinski definition) is 2. The Kier molecular flexibility index (Phi) is 6.60. The number of aromatic amines is 1. The number of amides is 1. The molecule has 8 nitrogen and oxygen atoms in total. The van der Waals surface area contributed by atoms with Gasteiger partial charge in [0.15, 0.2) is 18.4 Å². The van der Waals surface area contributed by atoms with Crippen molar-refractivity contribution in [1.82, 2.24) is 10.1 Å². The number of carbonyl (C=O) groups is 1. The molecule has 0 saturated carbocycles. The molecule has 1 amide bonds. The number of ether oxygens (including phenoxy) is 2. The molecule has 0 saturated heterocycles. The summed E-state index contributed by atoms with van der Waals surface area (Å²) in [5.74, 6) is -1.64. The Morgan fingerprint density at radius 1 is 1.18 bits per heavy atom. The molecule has 174 valence electrons. The lowest BCUT2D eigenvalue weighted by molar-refractivity contribution is 0.0473. The first-order valence-electron chi connectivity index (χ1n) is 10.8. The van der Waals surface area contributed by atoms with Gasteiger partial charge in [-0.1, -0.05) is 0 Å². The molecule has 0 atom stereocenters. The van der Waals surface area contributed by atoms with Crippen LogP contribution in [-0.2, 0) is 24.0 Å². The van der Waals surface area contributed by atoms with E-state index in [1.54, 1.807) is 6.07 Å². The zero-order chi connectivity index (χ0) is 23.5. The molecule has 0 bridgehead atoms. The normalized spacial score (nSPS) is 13.0. The fraction of sp³-hybridized carbons (Fsp3) is 0.375. The van der Waals surface area contributed by atoms with E-state index in [0.29, 0.717) is 17.9 Å². The Morgan fingerprint density at radius 3 is 2.52 bits per heavy atom. The lowest BCUT2D eigenvalue weighted by atomic mass is 9.84. The van der Waals surface area contributed by atoms with Gasteiger partial charge < -0.3 is 14.8 Å². The van der Waals surface area contributed by atoms with Gasteiger partial charge in [-0.05, 0) is 97.1 Å². The van der Waals surface area contributed by atoms with Crippen LogP contribution in [0.1, 0.15) is 56.8 Å². The van der Waals surface area contributed by atoms with Gasteiger partial charge in [-0.15, -0.1) is 0 Å². The standard InChI is InChI=1S/C24H26FN3O5/c1-13-8-16(26-23(29)22-27-24(30)33-28-22)9-14(2)19(13)10-15-11-20(25)21(32-12-31-3)18-7-5-4-6-17(15)18/h8-9,11H,4-7,10,12H2,1-3H3,(H,26,29)(H,27,28,30). The predicted octanol–water partition coefficient (Wildman–Crippen LogP) is 3.82. The van der Waals surface area contributed by atoms with Crippen LogP contribution in [0.25, 0.3) is 0 Å². The van der Waals surface area contributed by atoms with Gasteiger partial charge in [0.25, 0.3) is 5.91 Å². The van der Waals surface area contributed by atoms with Gasteiger partial charge in [-0.2, -0.15) is 0 Å². The minimum absolute atomic E-state index is 0.0103. The number of carbonyl (C=O) groups excluding carboxylic acids is 1. The first-order valence-corrected chi connectivity index (χ1v) is 10.8. The number of H-pyrrole nitrogens is 1. The number of aromatic nitrogens is 2. The number of nitrogens with one attached hydrogen (secondary N) is 2. The van der Waals surface area contributed by atoms with Gasteiger partial charge in [0.05, 0.1) is 0 Å². The van der Waals surface area contributed by atoms with Crippen LogP contribution in [0.2, 0.25) is 0 Å². The zero-order valence-corrected chi connectivity index (χ0v) is 18.8. The summed E-state index contributed by atoms with van der Waals surface area (Å²) in [4.78, 5) is 25.6. The smallest absolute Gasteiger partial charge is 0.439 e.